The van der Waals surface area contributed by atoms with Crippen molar-refractivity contribution in [3.05, 3.63) is 142 Å². The van der Waals surface area contributed by atoms with Crippen molar-refractivity contribution in [3.63, 3.8) is 0 Å². The number of rotatable bonds is 11. The minimum atomic E-state index is -0.646. The van der Waals surface area contributed by atoms with E-state index in [1.54, 1.807) is 73.5 Å². The Morgan fingerprint density at radius 1 is 0.880 bits per heavy atom. The van der Waals surface area contributed by atoms with E-state index in [1.807, 2.05) is 54.6 Å². The number of hydrogen-bond acceptors (Lipinski definition) is 7. The third kappa shape index (κ3) is 6.89. The van der Waals surface area contributed by atoms with Crippen LogP contribution in [0.25, 0.3) is 23.0 Å². The molecule has 1 aliphatic rings. The van der Waals surface area contributed by atoms with Gasteiger partial charge in [0.25, 0.3) is 11.8 Å². The maximum absolute atomic E-state index is 14.3. The van der Waals surface area contributed by atoms with Crippen LogP contribution in [-0.2, 0) is 22.6 Å². The summed E-state index contributed by atoms with van der Waals surface area (Å²) >= 11 is 0. The molecule has 1 aliphatic heterocycles. The van der Waals surface area contributed by atoms with Gasteiger partial charge in [-0.2, -0.15) is 10.4 Å². The Bertz CT molecular complexity index is 2180. The van der Waals surface area contributed by atoms with Crippen molar-refractivity contribution in [2.45, 2.75) is 20.0 Å². The van der Waals surface area contributed by atoms with Crippen molar-refractivity contribution < 1.29 is 28.2 Å². The average molecular weight is 669 g/mol. The van der Waals surface area contributed by atoms with Gasteiger partial charge in [-0.1, -0.05) is 54.6 Å². The zero-order valence-electron chi connectivity index (χ0n) is 27.7. The van der Waals surface area contributed by atoms with E-state index in [0.29, 0.717) is 46.1 Å². The third-order valence-corrected chi connectivity index (χ3v) is 8.42. The lowest BCUT2D eigenvalue weighted by molar-refractivity contribution is -0.140. The van der Waals surface area contributed by atoms with Crippen LogP contribution in [0.4, 0.5) is 4.39 Å². The van der Waals surface area contributed by atoms with Crippen LogP contribution in [0.5, 0.6) is 17.2 Å². The smallest absolute Gasteiger partial charge is 0.271 e. The molecule has 0 atom stereocenters. The lowest BCUT2D eigenvalue weighted by Gasteiger charge is -2.27. The lowest BCUT2D eigenvalue weighted by atomic mass is 9.93. The van der Waals surface area contributed by atoms with E-state index in [4.69, 9.17) is 19.3 Å². The van der Waals surface area contributed by atoms with E-state index < -0.39 is 11.8 Å². The standard InChI is InChI=1S/C40H33FN4O5/c1-26-33(39(46)44(40(47)34(26)23-42)19-18-27-16-17-36(48-2)37(20-27)49-3)22-30-24-45(31-12-5-4-6-13-31)43-38(30)28-11-9-14-32(21-28)50-25-29-10-7-8-15-35(29)41/h4-17,20-22,24H,18-19,25H2,1-3H3/b33-22+. The molecule has 6 rings (SSSR count). The first kappa shape index (κ1) is 33.4. The fourth-order valence-corrected chi connectivity index (χ4v) is 5.71. The van der Waals surface area contributed by atoms with Crippen molar-refractivity contribution >= 4 is 17.9 Å². The van der Waals surface area contributed by atoms with Crippen LogP contribution in [0, 0.1) is 17.1 Å². The molecule has 1 aromatic heterocycles. The Labute approximate surface area is 289 Å². The number of nitriles is 1. The maximum Gasteiger partial charge on any atom is 0.271 e. The minimum Gasteiger partial charge on any atom is -0.493 e. The zero-order chi connectivity index (χ0) is 35.2. The van der Waals surface area contributed by atoms with Crippen LogP contribution in [-0.4, -0.2) is 47.3 Å². The maximum atomic E-state index is 14.3. The van der Waals surface area contributed by atoms with Gasteiger partial charge in [0.2, 0.25) is 0 Å². The number of carbonyl (C=O) groups is 2. The number of imide groups is 1. The van der Waals surface area contributed by atoms with Crippen LogP contribution >= 0.6 is 0 Å². The van der Waals surface area contributed by atoms with Gasteiger partial charge in [-0.05, 0) is 73.0 Å². The molecule has 9 nitrogen and oxygen atoms in total. The molecule has 0 unspecified atom stereocenters. The lowest BCUT2D eigenvalue weighted by Crippen LogP contribution is -2.43. The highest BCUT2D eigenvalue weighted by molar-refractivity contribution is 6.19. The number of methoxy groups -OCH3 is 2. The fraction of sp³-hybridized carbons (Fsp3) is 0.150. The highest BCUT2D eigenvalue weighted by atomic mass is 19.1. The summed E-state index contributed by atoms with van der Waals surface area (Å²) in [6.07, 6.45) is 3.79. The molecule has 2 amide bonds. The highest BCUT2D eigenvalue weighted by Crippen LogP contribution is 2.33. The Morgan fingerprint density at radius 2 is 1.64 bits per heavy atom. The molecule has 10 heteroatoms. The van der Waals surface area contributed by atoms with E-state index in [1.165, 1.54) is 13.2 Å². The van der Waals surface area contributed by atoms with Gasteiger partial charge >= 0.3 is 0 Å². The molecule has 250 valence electrons. The Hall–Kier alpha value is -6.47. The number of aromatic nitrogens is 2. The predicted octanol–water partition coefficient (Wildman–Crippen LogP) is 7.11. The summed E-state index contributed by atoms with van der Waals surface area (Å²) in [6.45, 7) is 1.68. The molecule has 0 radical (unpaired) electrons. The molecule has 2 heterocycles. The van der Waals surface area contributed by atoms with Crippen LogP contribution < -0.4 is 14.2 Å². The van der Waals surface area contributed by atoms with Gasteiger partial charge in [-0.25, -0.2) is 9.07 Å². The van der Waals surface area contributed by atoms with Crippen molar-refractivity contribution in [2.24, 2.45) is 0 Å². The fourth-order valence-electron chi connectivity index (χ4n) is 5.71. The van der Waals surface area contributed by atoms with Crippen LogP contribution in [0.15, 0.2) is 120 Å². The first-order chi connectivity index (χ1) is 24.3. The average Bonchev–Trinajstić information content (AvgIpc) is 3.57. The van der Waals surface area contributed by atoms with Crippen molar-refractivity contribution in [3.8, 4) is 40.3 Å². The quantitative estimate of drug-likeness (QED) is 0.109. The summed E-state index contributed by atoms with van der Waals surface area (Å²) < 4.78 is 32.6. The summed E-state index contributed by atoms with van der Waals surface area (Å²) in [7, 11) is 3.08. The van der Waals surface area contributed by atoms with Crippen LogP contribution in [0.1, 0.15) is 23.6 Å². The first-order valence-corrected chi connectivity index (χ1v) is 15.8. The topological polar surface area (TPSA) is 107 Å². The molecular weight excluding hydrogens is 635 g/mol. The molecule has 0 fully saturated rings. The molecule has 0 bridgehead atoms. The molecule has 4 aromatic carbocycles. The van der Waals surface area contributed by atoms with Gasteiger partial charge < -0.3 is 14.2 Å². The monoisotopic (exact) mass is 668 g/mol. The van der Waals surface area contributed by atoms with Gasteiger partial charge in [0, 0.05) is 35.0 Å². The minimum absolute atomic E-state index is 0.0358. The molecule has 5 aromatic rings. The number of hydrogen-bond donors (Lipinski definition) is 0. The normalized spacial score (nSPS) is 13.8. The van der Waals surface area contributed by atoms with Gasteiger partial charge in [0.1, 0.15) is 35.5 Å². The second-order valence-electron chi connectivity index (χ2n) is 11.5. The number of ether oxygens (including phenoxy) is 3. The molecule has 0 N–H and O–H groups in total. The molecular formula is C40H33FN4O5. The van der Waals surface area contributed by atoms with Gasteiger partial charge in [-0.3, -0.25) is 14.5 Å². The summed E-state index contributed by atoms with van der Waals surface area (Å²) in [5, 5.41) is 14.9. The van der Waals surface area contributed by atoms with E-state index in [9.17, 15) is 19.2 Å². The molecule has 50 heavy (non-hydrogen) atoms. The summed E-state index contributed by atoms with van der Waals surface area (Å²) in [5.74, 6) is 0.0701. The van der Waals surface area contributed by atoms with Crippen LogP contribution in [0.2, 0.25) is 0 Å². The molecule has 0 saturated carbocycles. The number of benzene rings is 4. The Morgan fingerprint density at radius 3 is 2.38 bits per heavy atom. The van der Waals surface area contributed by atoms with E-state index in [0.717, 1.165) is 16.2 Å². The van der Waals surface area contributed by atoms with Gasteiger partial charge in [-0.15, -0.1) is 0 Å². The van der Waals surface area contributed by atoms with Gasteiger partial charge in [0.05, 0.1) is 19.9 Å². The second kappa shape index (κ2) is 14.7. The number of nitrogens with zero attached hydrogens (tertiary/aromatic N) is 4. The highest BCUT2D eigenvalue weighted by Gasteiger charge is 2.35. The van der Waals surface area contributed by atoms with Crippen molar-refractivity contribution in [2.75, 3.05) is 20.8 Å². The summed E-state index contributed by atoms with van der Waals surface area (Å²) in [4.78, 5) is 28.6. The zero-order valence-corrected chi connectivity index (χ0v) is 27.7. The largest absolute Gasteiger partial charge is 0.493 e. The summed E-state index contributed by atoms with van der Waals surface area (Å²) in [6, 6.07) is 30.6. The van der Waals surface area contributed by atoms with E-state index >= 15 is 0 Å². The molecule has 0 saturated heterocycles. The second-order valence-corrected chi connectivity index (χ2v) is 11.5. The van der Waals surface area contributed by atoms with Gasteiger partial charge in [0.15, 0.2) is 11.5 Å². The first-order valence-electron chi connectivity index (χ1n) is 15.8. The Kier molecular flexibility index (Phi) is 9.86. The van der Waals surface area contributed by atoms with Crippen LogP contribution in [0.3, 0.4) is 0 Å². The SMILES string of the molecule is COc1ccc(CCN2C(=O)C(C#N)=C(C)/C(=C\c3cn(-c4ccccc4)nc3-c3cccc(OCc4ccccc4F)c3)C2=O)cc1OC. The van der Waals surface area contributed by atoms with Crippen molar-refractivity contribution in [1.82, 2.24) is 14.7 Å². The third-order valence-electron chi connectivity index (χ3n) is 8.42. The number of amides is 2. The number of carbonyl (C=O) groups excluding carboxylic acids is 2. The molecule has 0 spiro atoms. The van der Waals surface area contributed by atoms with E-state index in [2.05, 4.69) is 0 Å². The van der Waals surface area contributed by atoms with Crippen molar-refractivity contribution in [1.29, 1.82) is 5.26 Å². The predicted molar refractivity (Wildman–Crippen MR) is 186 cm³/mol. The Balaban J connectivity index is 1.37. The number of halogens is 1. The summed E-state index contributed by atoms with van der Waals surface area (Å²) in [5.41, 5.74) is 4.21. The van der Waals surface area contributed by atoms with E-state index in [-0.39, 0.29) is 35.7 Å². The number of para-hydroxylation sites is 1. The molecule has 0 aliphatic carbocycles.